The third-order valence-corrected chi connectivity index (χ3v) is 4.53. The molecule has 5 nitrogen and oxygen atoms in total. The average Bonchev–Trinajstić information content (AvgIpc) is 3.03. The molecule has 0 bridgehead atoms. The Morgan fingerprint density at radius 3 is 2.70 bits per heavy atom. The van der Waals surface area contributed by atoms with Gasteiger partial charge in [-0.15, -0.1) is 0 Å². The number of nitrogens with one attached hydrogen (secondary N) is 1. The number of fused-ring (bicyclic) bond motifs is 1. The van der Waals surface area contributed by atoms with Crippen molar-refractivity contribution < 1.29 is 4.79 Å². The van der Waals surface area contributed by atoms with E-state index in [1.54, 1.807) is 12.4 Å². The molecule has 0 atom stereocenters. The lowest BCUT2D eigenvalue weighted by atomic mass is 10.1. The van der Waals surface area contributed by atoms with Crippen LogP contribution in [0.25, 0.3) is 22.4 Å². The van der Waals surface area contributed by atoms with Gasteiger partial charge in [-0.05, 0) is 49.7 Å². The number of nitrogens with zero attached hydrogens (tertiary/aromatic N) is 3. The van der Waals surface area contributed by atoms with Gasteiger partial charge in [-0.1, -0.05) is 29.8 Å². The van der Waals surface area contributed by atoms with Crippen molar-refractivity contribution in [2.24, 2.45) is 0 Å². The minimum Gasteiger partial charge on any atom is -0.324 e. The van der Waals surface area contributed by atoms with Crippen molar-refractivity contribution in [2.75, 3.05) is 5.32 Å². The number of rotatable bonds is 4. The van der Waals surface area contributed by atoms with E-state index in [2.05, 4.69) is 16.4 Å². The van der Waals surface area contributed by atoms with Crippen LogP contribution in [-0.2, 0) is 11.3 Å². The molecule has 0 aliphatic heterocycles. The van der Waals surface area contributed by atoms with Gasteiger partial charge in [0.05, 0.1) is 11.0 Å². The SMILES string of the molecule is Cc1ccc(NC(=O)Cn2c(-c3cccnc3)nc3ccccc32)c(C)c1. The van der Waals surface area contributed by atoms with Gasteiger partial charge in [0, 0.05) is 23.6 Å². The summed E-state index contributed by atoms with van der Waals surface area (Å²) in [5.41, 5.74) is 5.71. The van der Waals surface area contributed by atoms with Gasteiger partial charge in [0.2, 0.25) is 5.91 Å². The maximum Gasteiger partial charge on any atom is 0.244 e. The second-order valence-corrected chi connectivity index (χ2v) is 6.62. The van der Waals surface area contributed by atoms with Crippen LogP contribution in [0.15, 0.2) is 67.0 Å². The van der Waals surface area contributed by atoms with Crippen molar-refractivity contribution in [1.29, 1.82) is 0 Å². The topological polar surface area (TPSA) is 59.8 Å². The van der Waals surface area contributed by atoms with Crippen molar-refractivity contribution >= 4 is 22.6 Å². The Hall–Kier alpha value is -3.47. The quantitative estimate of drug-likeness (QED) is 0.591. The summed E-state index contributed by atoms with van der Waals surface area (Å²) in [5, 5.41) is 3.02. The van der Waals surface area contributed by atoms with E-state index in [1.165, 1.54) is 5.56 Å². The highest BCUT2D eigenvalue weighted by Crippen LogP contribution is 2.24. The molecular weight excluding hydrogens is 336 g/mol. The fraction of sp³-hybridized carbons (Fsp3) is 0.136. The molecule has 0 saturated carbocycles. The third-order valence-electron chi connectivity index (χ3n) is 4.53. The molecule has 0 aliphatic carbocycles. The van der Waals surface area contributed by atoms with Crippen LogP contribution < -0.4 is 5.32 Å². The number of hydrogen-bond acceptors (Lipinski definition) is 3. The van der Waals surface area contributed by atoms with E-state index in [0.717, 1.165) is 33.7 Å². The number of pyridine rings is 1. The van der Waals surface area contributed by atoms with Crippen molar-refractivity contribution in [3.63, 3.8) is 0 Å². The van der Waals surface area contributed by atoms with Crippen LogP contribution in [0.3, 0.4) is 0 Å². The largest absolute Gasteiger partial charge is 0.324 e. The molecule has 2 heterocycles. The minimum absolute atomic E-state index is 0.0877. The number of aryl methyl sites for hydroxylation is 2. The number of amides is 1. The summed E-state index contributed by atoms with van der Waals surface area (Å²) in [6, 6.07) is 17.6. The lowest BCUT2D eigenvalue weighted by Crippen LogP contribution is -2.20. The van der Waals surface area contributed by atoms with E-state index in [-0.39, 0.29) is 12.5 Å². The minimum atomic E-state index is -0.0877. The first-order chi connectivity index (χ1) is 13.1. The van der Waals surface area contributed by atoms with Crippen molar-refractivity contribution in [1.82, 2.24) is 14.5 Å². The predicted octanol–water partition coefficient (Wildman–Crippen LogP) is 4.35. The highest BCUT2D eigenvalue weighted by atomic mass is 16.1. The van der Waals surface area contributed by atoms with E-state index in [4.69, 9.17) is 4.98 Å². The zero-order valence-electron chi connectivity index (χ0n) is 15.3. The maximum absolute atomic E-state index is 12.8. The number of aromatic nitrogens is 3. The second-order valence-electron chi connectivity index (χ2n) is 6.62. The zero-order chi connectivity index (χ0) is 18.8. The molecule has 0 saturated heterocycles. The fourth-order valence-corrected chi connectivity index (χ4v) is 3.24. The normalized spacial score (nSPS) is 10.9. The van der Waals surface area contributed by atoms with Gasteiger partial charge in [-0.2, -0.15) is 0 Å². The summed E-state index contributed by atoms with van der Waals surface area (Å²) < 4.78 is 1.94. The number of carbonyl (C=O) groups excluding carboxylic acids is 1. The monoisotopic (exact) mass is 356 g/mol. The van der Waals surface area contributed by atoms with Gasteiger partial charge in [0.15, 0.2) is 0 Å². The summed E-state index contributed by atoms with van der Waals surface area (Å²) in [6.07, 6.45) is 3.49. The molecule has 0 fully saturated rings. The molecule has 0 unspecified atom stereocenters. The Morgan fingerprint density at radius 1 is 1.07 bits per heavy atom. The second kappa shape index (κ2) is 7.03. The van der Waals surface area contributed by atoms with Crippen molar-refractivity contribution in [2.45, 2.75) is 20.4 Å². The lowest BCUT2D eigenvalue weighted by Gasteiger charge is -2.12. The van der Waals surface area contributed by atoms with Gasteiger partial charge in [0.25, 0.3) is 0 Å². The number of anilines is 1. The smallest absolute Gasteiger partial charge is 0.244 e. The third kappa shape index (κ3) is 3.44. The van der Waals surface area contributed by atoms with Crippen LogP contribution in [-0.4, -0.2) is 20.4 Å². The summed E-state index contributed by atoms with van der Waals surface area (Å²) in [5.74, 6) is 0.648. The number of carbonyl (C=O) groups is 1. The van der Waals surface area contributed by atoms with Crippen LogP contribution in [0.4, 0.5) is 5.69 Å². The Balaban J connectivity index is 1.69. The van der Waals surface area contributed by atoms with Gasteiger partial charge >= 0.3 is 0 Å². The average molecular weight is 356 g/mol. The van der Waals surface area contributed by atoms with Crippen LogP contribution in [0.1, 0.15) is 11.1 Å². The number of para-hydroxylation sites is 2. The fourth-order valence-electron chi connectivity index (χ4n) is 3.24. The van der Waals surface area contributed by atoms with E-state index in [9.17, 15) is 4.79 Å². The molecule has 134 valence electrons. The molecule has 4 aromatic rings. The van der Waals surface area contributed by atoms with Gasteiger partial charge in [-0.3, -0.25) is 9.78 Å². The molecule has 2 aromatic carbocycles. The molecule has 0 radical (unpaired) electrons. The number of imidazole rings is 1. The summed E-state index contributed by atoms with van der Waals surface area (Å²) >= 11 is 0. The maximum atomic E-state index is 12.8. The first-order valence-electron chi connectivity index (χ1n) is 8.84. The van der Waals surface area contributed by atoms with Gasteiger partial charge in [0.1, 0.15) is 12.4 Å². The van der Waals surface area contributed by atoms with Crippen molar-refractivity contribution in [3.8, 4) is 11.4 Å². The van der Waals surface area contributed by atoms with Crippen LogP contribution >= 0.6 is 0 Å². The predicted molar refractivity (Wildman–Crippen MR) is 108 cm³/mol. The van der Waals surface area contributed by atoms with E-state index < -0.39 is 0 Å². The van der Waals surface area contributed by atoms with E-state index in [1.807, 2.05) is 66.9 Å². The molecule has 5 heteroatoms. The highest BCUT2D eigenvalue weighted by Gasteiger charge is 2.15. The van der Waals surface area contributed by atoms with E-state index >= 15 is 0 Å². The molecule has 2 aromatic heterocycles. The zero-order valence-corrected chi connectivity index (χ0v) is 15.3. The highest BCUT2D eigenvalue weighted by molar-refractivity contribution is 5.93. The first kappa shape index (κ1) is 17.0. The summed E-state index contributed by atoms with van der Waals surface area (Å²) in [4.78, 5) is 21.7. The Morgan fingerprint density at radius 2 is 1.93 bits per heavy atom. The summed E-state index contributed by atoms with van der Waals surface area (Å²) in [6.45, 7) is 4.21. The number of hydrogen-bond donors (Lipinski definition) is 1. The standard InChI is InChI=1S/C22H20N4O/c1-15-9-10-18(16(2)12-15)24-21(27)14-26-20-8-4-3-7-19(20)25-22(26)17-6-5-11-23-13-17/h3-13H,14H2,1-2H3,(H,24,27). The van der Waals surface area contributed by atoms with Gasteiger partial charge < -0.3 is 9.88 Å². The molecule has 1 N–H and O–H groups in total. The van der Waals surface area contributed by atoms with Gasteiger partial charge in [-0.25, -0.2) is 4.98 Å². The molecular formula is C22H20N4O. The Kier molecular flexibility index (Phi) is 4.42. The molecule has 1 amide bonds. The Labute approximate surface area is 157 Å². The van der Waals surface area contributed by atoms with Crippen LogP contribution in [0, 0.1) is 13.8 Å². The Bertz CT molecular complexity index is 1120. The molecule has 0 spiro atoms. The first-order valence-corrected chi connectivity index (χ1v) is 8.84. The number of benzene rings is 2. The van der Waals surface area contributed by atoms with Crippen LogP contribution in [0.2, 0.25) is 0 Å². The molecule has 4 rings (SSSR count). The molecule has 0 aliphatic rings. The van der Waals surface area contributed by atoms with Crippen molar-refractivity contribution in [3.05, 3.63) is 78.1 Å². The molecule has 27 heavy (non-hydrogen) atoms. The van der Waals surface area contributed by atoms with E-state index in [0.29, 0.717) is 0 Å². The lowest BCUT2D eigenvalue weighted by molar-refractivity contribution is -0.116. The summed E-state index contributed by atoms with van der Waals surface area (Å²) in [7, 11) is 0. The van der Waals surface area contributed by atoms with Crippen LogP contribution in [0.5, 0.6) is 0 Å².